The van der Waals surface area contributed by atoms with Gasteiger partial charge in [-0.05, 0) is 68.5 Å². The number of benzene rings is 1. The third-order valence-corrected chi connectivity index (χ3v) is 5.94. The normalized spacial score (nSPS) is 13.3. The van der Waals surface area contributed by atoms with E-state index in [1.54, 1.807) is 40.1 Å². The molecule has 0 saturated carbocycles. The summed E-state index contributed by atoms with van der Waals surface area (Å²) in [6.45, 7) is 7.61. The lowest BCUT2D eigenvalue weighted by atomic mass is 9.96. The van der Waals surface area contributed by atoms with E-state index < -0.39 is 5.60 Å². The van der Waals surface area contributed by atoms with Crippen LogP contribution in [0.1, 0.15) is 43.2 Å². The lowest BCUT2D eigenvalue weighted by Crippen LogP contribution is -2.39. The Bertz CT molecular complexity index is 1250. The number of nitrogens with zero attached hydrogens (tertiary/aromatic N) is 3. The zero-order valence-corrected chi connectivity index (χ0v) is 21.0. The van der Waals surface area contributed by atoms with Crippen molar-refractivity contribution < 1.29 is 14.3 Å². The second kappa shape index (κ2) is 10.5. The summed E-state index contributed by atoms with van der Waals surface area (Å²) in [6.07, 6.45) is 4.54. The number of amides is 1. The molecule has 0 aliphatic carbocycles. The molecule has 0 fully saturated rings. The van der Waals surface area contributed by atoms with Gasteiger partial charge in [-0.25, -0.2) is 4.79 Å². The number of ether oxygens (including phenoxy) is 2. The molecular weight excluding hydrogens is 466 g/mol. The van der Waals surface area contributed by atoms with Gasteiger partial charge in [0.15, 0.2) is 0 Å². The van der Waals surface area contributed by atoms with Gasteiger partial charge in [-0.3, -0.25) is 9.78 Å². The molecule has 0 bridgehead atoms. The van der Waals surface area contributed by atoms with Crippen LogP contribution in [0.25, 0.3) is 0 Å². The molecule has 3 heterocycles. The Morgan fingerprint density at radius 1 is 1.11 bits per heavy atom. The van der Waals surface area contributed by atoms with Crippen molar-refractivity contribution in [1.29, 1.82) is 0 Å². The molecule has 1 aliphatic heterocycles. The fraction of sp³-hybridized carbons (Fsp3) is 0.370. The molecule has 0 N–H and O–H groups in total. The predicted octanol–water partition coefficient (Wildman–Crippen LogP) is 5.01. The lowest BCUT2D eigenvalue weighted by molar-refractivity contribution is 0.0224. The number of fused-ring (bicyclic) bond motifs is 1. The molecule has 35 heavy (non-hydrogen) atoms. The van der Waals surface area contributed by atoms with Crippen LogP contribution in [0.5, 0.6) is 5.75 Å². The van der Waals surface area contributed by atoms with Crippen LogP contribution < -0.4 is 10.3 Å². The molecule has 0 radical (unpaired) electrons. The summed E-state index contributed by atoms with van der Waals surface area (Å²) in [5.74, 6) is 0.499. The minimum absolute atomic E-state index is 0.124. The van der Waals surface area contributed by atoms with Crippen molar-refractivity contribution in [3.8, 4) is 5.75 Å². The van der Waals surface area contributed by atoms with Gasteiger partial charge in [0.1, 0.15) is 18.0 Å². The van der Waals surface area contributed by atoms with Gasteiger partial charge in [-0.1, -0.05) is 29.8 Å². The highest BCUT2D eigenvalue weighted by Crippen LogP contribution is 2.23. The number of carbonyl (C=O) groups is 1. The fourth-order valence-corrected chi connectivity index (χ4v) is 4.02. The molecule has 8 heteroatoms. The number of carbonyl (C=O) groups excluding carboxylic acids is 1. The van der Waals surface area contributed by atoms with Crippen LogP contribution in [0.15, 0.2) is 59.7 Å². The summed E-state index contributed by atoms with van der Waals surface area (Å²) >= 11 is 5.85. The molecule has 7 nitrogen and oxygen atoms in total. The molecule has 4 rings (SSSR count). The number of rotatable bonds is 6. The van der Waals surface area contributed by atoms with E-state index in [1.807, 2.05) is 20.8 Å². The number of hydrogen-bond donors (Lipinski definition) is 0. The highest BCUT2D eigenvalue weighted by Gasteiger charge is 2.25. The summed E-state index contributed by atoms with van der Waals surface area (Å²) < 4.78 is 12.9. The molecule has 1 aliphatic rings. The fourth-order valence-electron chi connectivity index (χ4n) is 3.91. The Kier molecular flexibility index (Phi) is 7.45. The smallest absolute Gasteiger partial charge is 0.410 e. The van der Waals surface area contributed by atoms with E-state index in [2.05, 4.69) is 23.2 Å². The van der Waals surface area contributed by atoms with Gasteiger partial charge in [-0.15, -0.1) is 0 Å². The van der Waals surface area contributed by atoms with Gasteiger partial charge >= 0.3 is 6.09 Å². The Morgan fingerprint density at radius 3 is 2.66 bits per heavy atom. The van der Waals surface area contributed by atoms with Gasteiger partial charge in [0.2, 0.25) is 0 Å². The monoisotopic (exact) mass is 495 g/mol. The Labute approximate surface area is 210 Å². The standard InChI is InChI=1S/C27H30ClN3O4/c1-27(2,3)35-26(33)31-12-9-20-5-4-19(14-21(20)17-31)8-11-30-13-10-24(15-25(30)32)34-18-23-7-6-22(28)16-29-23/h4-7,10,13-16H,8-9,11-12,17-18H2,1-3H3. The Hall–Kier alpha value is -3.32. The zero-order valence-electron chi connectivity index (χ0n) is 20.3. The molecular formula is C27H30ClN3O4. The van der Waals surface area contributed by atoms with Gasteiger partial charge in [0, 0.05) is 38.1 Å². The highest BCUT2D eigenvalue weighted by molar-refractivity contribution is 6.30. The van der Waals surface area contributed by atoms with Crippen LogP contribution >= 0.6 is 11.6 Å². The molecule has 0 saturated heterocycles. The first-order valence-electron chi connectivity index (χ1n) is 11.7. The number of halogens is 1. The minimum atomic E-state index is -0.514. The second-order valence-corrected chi connectivity index (χ2v) is 10.1. The number of hydrogen-bond acceptors (Lipinski definition) is 5. The molecule has 0 spiro atoms. The largest absolute Gasteiger partial charge is 0.487 e. The van der Waals surface area contributed by atoms with Crippen molar-refractivity contribution in [2.75, 3.05) is 6.54 Å². The summed E-state index contributed by atoms with van der Waals surface area (Å²) in [5, 5.41) is 0.565. The quantitative estimate of drug-likeness (QED) is 0.480. The van der Waals surface area contributed by atoms with Gasteiger partial charge in [0.05, 0.1) is 10.7 Å². The first kappa shape index (κ1) is 24.8. The third kappa shape index (κ3) is 6.85. The van der Waals surface area contributed by atoms with E-state index in [0.29, 0.717) is 36.8 Å². The minimum Gasteiger partial charge on any atom is -0.487 e. The van der Waals surface area contributed by atoms with Crippen LogP contribution in [0.2, 0.25) is 5.02 Å². The van der Waals surface area contributed by atoms with Crippen molar-refractivity contribution in [3.05, 3.63) is 92.6 Å². The number of aryl methyl sites for hydroxylation is 2. The second-order valence-electron chi connectivity index (χ2n) is 9.66. The summed E-state index contributed by atoms with van der Waals surface area (Å²) in [4.78, 5) is 31.0. The SMILES string of the molecule is CC(C)(C)OC(=O)N1CCc2ccc(CCn3ccc(OCc4ccc(Cl)cn4)cc3=O)cc2C1. The maximum Gasteiger partial charge on any atom is 0.410 e. The molecule has 0 unspecified atom stereocenters. The molecule has 0 atom stereocenters. The Morgan fingerprint density at radius 2 is 1.94 bits per heavy atom. The van der Waals surface area contributed by atoms with E-state index in [-0.39, 0.29) is 18.3 Å². The number of aromatic nitrogens is 2. The summed E-state index contributed by atoms with van der Waals surface area (Å²) in [7, 11) is 0. The first-order chi connectivity index (χ1) is 16.7. The first-order valence-corrected chi connectivity index (χ1v) is 12.1. The molecule has 1 aromatic carbocycles. The van der Waals surface area contributed by atoms with E-state index >= 15 is 0 Å². The van der Waals surface area contributed by atoms with Crippen molar-refractivity contribution in [2.24, 2.45) is 0 Å². The van der Waals surface area contributed by atoms with E-state index in [4.69, 9.17) is 21.1 Å². The zero-order chi connectivity index (χ0) is 25.0. The maximum absolute atomic E-state index is 12.6. The summed E-state index contributed by atoms with van der Waals surface area (Å²) in [5.41, 5.74) is 3.60. The van der Waals surface area contributed by atoms with E-state index in [0.717, 1.165) is 23.2 Å². The van der Waals surface area contributed by atoms with Crippen LogP contribution in [-0.2, 0) is 37.3 Å². The van der Waals surface area contributed by atoms with E-state index in [9.17, 15) is 9.59 Å². The lowest BCUT2D eigenvalue weighted by Gasteiger charge is -2.31. The van der Waals surface area contributed by atoms with Crippen molar-refractivity contribution in [2.45, 2.75) is 58.9 Å². The van der Waals surface area contributed by atoms with Crippen molar-refractivity contribution >= 4 is 17.7 Å². The van der Waals surface area contributed by atoms with E-state index in [1.165, 1.54) is 11.6 Å². The average molecular weight is 496 g/mol. The average Bonchev–Trinajstić information content (AvgIpc) is 2.81. The molecule has 184 valence electrons. The highest BCUT2D eigenvalue weighted by atomic mass is 35.5. The topological polar surface area (TPSA) is 73.7 Å². The molecule has 1 amide bonds. The predicted molar refractivity (Wildman–Crippen MR) is 135 cm³/mol. The van der Waals surface area contributed by atoms with Gasteiger partial charge < -0.3 is 18.9 Å². The van der Waals surface area contributed by atoms with Gasteiger partial charge in [0.25, 0.3) is 5.56 Å². The maximum atomic E-state index is 12.6. The molecule has 3 aromatic rings. The van der Waals surface area contributed by atoms with Gasteiger partial charge in [-0.2, -0.15) is 0 Å². The van der Waals surface area contributed by atoms with Crippen LogP contribution in [0.4, 0.5) is 4.79 Å². The molecule has 2 aromatic heterocycles. The van der Waals surface area contributed by atoms with Crippen molar-refractivity contribution in [3.63, 3.8) is 0 Å². The Balaban J connectivity index is 1.35. The van der Waals surface area contributed by atoms with Crippen LogP contribution in [-0.4, -0.2) is 32.7 Å². The van der Waals surface area contributed by atoms with Crippen molar-refractivity contribution in [1.82, 2.24) is 14.5 Å². The van der Waals surface area contributed by atoms with Crippen LogP contribution in [0, 0.1) is 0 Å². The summed E-state index contributed by atoms with van der Waals surface area (Å²) in [6, 6.07) is 13.2. The van der Waals surface area contributed by atoms with Crippen LogP contribution in [0.3, 0.4) is 0 Å². The third-order valence-electron chi connectivity index (χ3n) is 5.72. The number of pyridine rings is 2.